The molecule has 0 fully saturated rings. The number of nitro groups is 1. The number of non-ortho nitro benzene ring substituents is 1. The van der Waals surface area contributed by atoms with Gasteiger partial charge in [0.1, 0.15) is 12.3 Å². The second kappa shape index (κ2) is 7.85. The largest absolute Gasteiger partial charge is 0.478 e. The molecule has 0 bridgehead atoms. The number of para-hydroxylation sites is 1. The zero-order chi connectivity index (χ0) is 20.4. The van der Waals surface area contributed by atoms with Crippen LogP contribution in [0.1, 0.15) is 13.8 Å². The van der Waals surface area contributed by atoms with E-state index in [1.807, 2.05) is 13.8 Å². The van der Waals surface area contributed by atoms with Gasteiger partial charge >= 0.3 is 0 Å². The molecule has 9 heteroatoms. The summed E-state index contributed by atoms with van der Waals surface area (Å²) in [6, 6.07) is 10.7. The van der Waals surface area contributed by atoms with Gasteiger partial charge < -0.3 is 10.1 Å². The van der Waals surface area contributed by atoms with Gasteiger partial charge in [-0.2, -0.15) is 0 Å². The van der Waals surface area contributed by atoms with Crippen molar-refractivity contribution in [3.8, 4) is 5.75 Å². The van der Waals surface area contributed by atoms with Gasteiger partial charge in [-0.1, -0.05) is 37.6 Å². The van der Waals surface area contributed by atoms with Crippen LogP contribution in [0.2, 0.25) is 5.02 Å². The van der Waals surface area contributed by atoms with Crippen LogP contribution in [-0.4, -0.2) is 29.4 Å². The van der Waals surface area contributed by atoms with Crippen LogP contribution < -0.4 is 15.0 Å². The van der Waals surface area contributed by atoms with Crippen molar-refractivity contribution in [2.45, 2.75) is 20.0 Å². The van der Waals surface area contributed by atoms with Gasteiger partial charge in [-0.05, 0) is 24.1 Å². The standard InChI is InChI=1S/C19H18ClN3O5/c1-11(2)18-19(25)22(10-17(24)21-14-6-4-3-5-13(14)20)15-9-12(23(26)27)7-8-16(15)28-18/h3-9,11,18H,10H2,1-2H3,(H,21,24). The van der Waals surface area contributed by atoms with E-state index in [1.165, 1.54) is 23.1 Å². The number of nitrogens with one attached hydrogen (secondary N) is 1. The Morgan fingerprint density at radius 1 is 1.32 bits per heavy atom. The lowest BCUT2D eigenvalue weighted by molar-refractivity contribution is -0.384. The molecule has 1 heterocycles. The zero-order valence-corrected chi connectivity index (χ0v) is 16.0. The molecule has 0 spiro atoms. The summed E-state index contributed by atoms with van der Waals surface area (Å²) in [4.78, 5) is 37.2. The Bertz CT molecular complexity index is 947. The van der Waals surface area contributed by atoms with Crippen molar-refractivity contribution in [1.29, 1.82) is 0 Å². The predicted octanol–water partition coefficient (Wildman–Crippen LogP) is 3.64. The summed E-state index contributed by atoms with van der Waals surface area (Å²) in [5.41, 5.74) is 0.398. The van der Waals surface area contributed by atoms with Crippen LogP contribution in [0, 0.1) is 16.0 Å². The third kappa shape index (κ3) is 3.91. The van der Waals surface area contributed by atoms with Crippen molar-refractivity contribution < 1.29 is 19.2 Å². The number of ether oxygens (including phenoxy) is 1. The highest BCUT2D eigenvalue weighted by Crippen LogP contribution is 2.38. The highest BCUT2D eigenvalue weighted by molar-refractivity contribution is 6.33. The fraction of sp³-hybridized carbons (Fsp3) is 0.263. The Kier molecular flexibility index (Phi) is 5.51. The molecule has 3 rings (SSSR count). The van der Waals surface area contributed by atoms with E-state index >= 15 is 0 Å². The molecule has 1 N–H and O–H groups in total. The molecule has 1 aliphatic heterocycles. The number of halogens is 1. The molecule has 8 nitrogen and oxygen atoms in total. The van der Waals surface area contributed by atoms with Crippen molar-refractivity contribution in [1.82, 2.24) is 0 Å². The van der Waals surface area contributed by atoms with Crippen LogP contribution in [-0.2, 0) is 9.59 Å². The smallest absolute Gasteiger partial charge is 0.271 e. The van der Waals surface area contributed by atoms with Gasteiger partial charge in [-0.25, -0.2) is 0 Å². The molecule has 0 aromatic heterocycles. The number of rotatable bonds is 5. The SMILES string of the molecule is CC(C)C1Oc2ccc([N+](=O)[O-])cc2N(CC(=O)Nc2ccccc2Cl)C1=O. The monoisotopic (exact) mass is 403 g/mol. The number of hydrogen-bond donors (Lipinski definition) is 1. The van der Waals surface area contributed by atoms with Crippen molar-refractivity contribution in [2.24, 2.45) is 5.92 Å². The summed E-state index contributed by atoms with van der Waals surface area (Å²) in [5, 5.41) is 14.1. The van der Waals surface area contributed by atoms with Gasteiger partial charge in [0.25, 0.3) is 11.6 Å². The number of carbonyl (C=O) groups excluding carboxylic acids is 2. The van der Waals surface area contributed by atoms with E-state index in [4.69, 9.17) is 16.3 Å². The summed E-state index contributed by atoms with van der Waals surface area (Å²) < 4.78 is 5.72. The first-order valence-electron chi connectivity index (χ1n) is 8.58. The predicted molar refractivity (Wildman–Crippen MR) is 105 cm³/mol. The van der Waals surface area contributed by atoms with Gasteiger partial charge in [-0.15, -0.1) is 0 Å². The minimum Gasteiger partial charge on any atom is -0.478 e. The maximum atomic E-state index is 12.9. The van der Waals surface area contributed by atoms with Gasteiger partial charge in [-0.3, -0.25) is 24.6 Å². The number of hydrogen-bond acceptors (Lipinski definition) is 5. The minimum atomic E-state index is -0.790. The number of carbonyl (C=O) groups is 2. The first-order chi connectivity index (χ1) is 13.3. The summed E-state index contributed by atoms with van der Waals surface area (Å²) in [7, 11) is 0. The van der Waals surface area contributed by atoms with Gasteiger partial charge in [0.15, 0.2) is 6.10 Å². The Hall–Kier alpha value is -3.13. The molecular weight excluding hydrogens is 386 g/mol. The van der Waals surface area contributed by atoms with Crippen LogP contribution in [0.15, 0.2) is 42.5 Å². The minimum absolute atomic E-state index is 0.148. The molecule has 1 aliphatic rings. The molecule has 0 aliphatic carbocycles. The average molecular weight is 404 g/mol. The topological polar surface area (TPSA) is 102 Å². The summed E-state index contributed by atoms with van der Waals surface area (Å²) in [6.07, 6.45) is -0.790. The van der Waals surface area contributed by atoms with Crippen LogP contribution in [0.4, 0.5) is 17.1 Å². The first kappa shape index (κ1) is 19.6. The number of anilines is 2. The molecule has 146 valence electrons. The quantitative estimate of drug-likeness (QED) is 0.606. The van der Waals surface area contributed by atoms with Crippen molar-refractivity contribution >= 4 is 40.5 Å². The summed E-state index contributed by atoms with van der Waals surface area (Å²) >= 11 is 6.05. The molecule has 0 radical (unpaired) electrons. The third-order valence-electron chi connectivity index (χ3n) is 4.26. The Morgan fingerprint density at radius 2 is 2.04 bits per heavy atom. The number of nitrogens with zero attached hydrogens (tertiary/aromatic N) is 2. The molecule has 0 saturated heterocycles. The fourth-order valence-corrected chi connectivity index (χ4v) is 3.05. The van der Waals surface area contributed by atoms with E-state index < -0.39 is 22.8 Å². The van der Waals surface area contributed by atoms with Gasteiger partial charge in [0.05, 0.1) is 21.3 Å². The zero-order valence-electron chi connectivity index (χ0n) is 15.2. The summed E-state index contributed by atoms with van der Waals surface area (Å²) in [6.45, 7) is 3.31. The molecule has 2 aromatic carbocycles. The van der Waals surface area contributed by atoms with Crippen molar-refractivity contribution in [3.05, 3.63) is 57.6 Å². The van der Waals surface area contributed by atoms with E-state index in [9.17, 15) is 19.7 Å². The molecular formula is C19H18ClN3O5. The number of fused-ring (bicyclic) bond motifs is 1. The normalized spacial score (nSPS) is 15.8. The molecule has 2 amide bonds. The van der Waals surface area contributed by atoms with Crippen LogP contribution in [0.25, 0.3) is 0 Å². The number of benzene rings is 2. The Morgan fingerprint density at radius 3 is 2.68 bits per heavy atom. The van der Waals surface area contributed by atoms with Crippen LogP contribution in [0.5, 0.6) is 5.75 Å². The lowest BCUT2D eigenvalue weighted by Gasteiger charge is -2.35. The molecule has 2 aromatic rings. The third-order valence-corrected chi connectivity index (χ3v) is 4.59. The first-order valence-corrected chi connectivity index (χ1v) is 8.96. The van der Waals surface area contributed by atoms with Gasteiger partial charge in [0.2, 0.25) is 5.91 Å². The Labute approximate surface area is 166 Å². The lowest BCUT2D eigenvalue weighted by atomic mass is 10.0. The van der Waals surface area contributed by atoms with Crippen LogP contribution in [0.3, 0.4) is 0 Å². The fourth-order valence-electron chi connectivity index (χ4n) is 2.87. The molecule has 0 saturated carbocycles. The molecule has 1 atom stereocenters. The van der Waals surface area contributed by atoms with E-state index in [0.717, 1.165) is 0 Å². The number of amides is 2. The second-order valence-corrected chi connectivity index (χ2v) is 7.05. The molecule has 28 heavy (non-hydrogen) atoms. The van der Waals surface area contributed by atoms with E-state index in [1.54, 1.807) is 24.3 Å². The van der Waals surface area contributed by atoms with E-state index in [0.29, 0.717) is 16.5 Å². The Balaban J connectivity index is 1.92. The van der Waals surface area contributed by atoms with Crippen molar-refractivity contribution in [3.63, 3.8) is 0 Å². The summed E-state index contributed by atoms with van der Waals surface area (Å²) in [5.74, 6) is -0.750. The van der Waals surface area contributed by atoms with E-state index in [-0.39, 0.29) is 23.8 Å². The highest BCUT2D eigenvalue weighted by atomic mass is 35.5. The van der Waals surface area contributed by atoms with Crippen LogP contribution >= 0.6 is 11.6 Å². The lowest BCUT2D eigenvalue weighted by Crippen LogP contribution is -2.50. The number of nitro benzene ring substituents is 1. The van der Waals surface area contributed by atoms with Gasteiger partial charge in [0, 0.05) is 12.1 Å². The maximum absolute atomic E-state index is 12.9. The maximum Gasteiger partial charge on any atom is 0.271 e. The average Bonchev–Trinajstić information content (AvgIpc) is 2.65. The van der Waals surface area contributed by atoms with E-state index in [2.05, 4.69) is 5.32 Å². The highest BCUT2D eigenvalue weighted by Gasteiger charge is 2.38. The van der Waals surface area contributed by atoms with Crippen molar-refractivity contribution in [2.75, 3.05) is 16.8 Å². The second-order valence-electron chi connectivity index (χ2n) is 6.64. The molecule has 1 unspecified atom stereocenters.